The summed E-state index contributed by atoms with van der Waals surface area (Å²) < 4.78 is 3.10. The Morgan fingerprint density at radius 2 is 2.21 bits per heavy atom. The molecule has 0 atom stereocenters. The normalized spacial score (nSPS) is 10.7. The molecule has 0 aliphatic heterocycles. The highest BCUT2D eigenvalue weighted by molar-refractivity contribution is 6.28. The Morgan fingerprint density at radius 3 is 2.74 bits per heavy atom. The SMILES string of the molecule is CN(CCc1cnn(C)c1)C(=O)c1nc(Cl)n(C)n1. The third-order valence-electron chi connectivity index (χ3n) is 2.74. The zero-order chi connectivity index (χ0) is 14.0. The van der Waals surface area contributed by atoms with Gasteiger partial charge in [-0.15, -0.1) is 5.10 Å². The quantitative estimate of drug-likeness (QED) is 0.820. The highest BCUT2D eigenvalue weighted by Crippen LogP contribution is 2.06. The van der Waals surface area contributed by atoms with Crippen molar-refractivity contribution < 1.29 is 4.79 Å². The van der Waals surface area contributed by atoms with E-state index >= 15 is 0 Å². The first-order valence-corrected chi connectivity index (χ1v) is 6.14. The molecule has 2 heterocycles. The van der Waals surface area contributed by atoms with Crippen LogP contribution in [0.15, 0.2) is 12.4 Å². The molecule has 2 aromatic rings. The number of rotatable bonds is 4. The second-order valence-corrected chi connectivity index (χ2v) is 4.67. The second kappa shape index (κ2) is 5.40. The molecule has 0 N–H and O–H groups in total. The van der Waals surface area contributed by atoms with Gasteiger partial charge < -0.3 is 4.90 Å². The molecule has 1 amide bonds. The van der Waals surface area contributed by atoms with Crippen LogP contribution >= 0.6 is 11.6 Å². The van der Waals surface area contributed by atoms with Gasteiger partial charge in [-0.1, -0.05) is 0 Å². The molecule has 19 heavy (non-hydrogen) atoms. The lowest BCUT2D eigenvalue weighted by molar-refractivity contribution is 0.0784. The Hall–Kier alpha value is -1.89. The number of carbonyl (C=O) groups is 1. The molecular weight excluding hydrogens is 268 g/mol. The number of aryl methyl sites for hydroxylation is 2. The van der Waals surface area contributed by atoms with Gasteiger partial charge in [-0.3, -0.25) is 9.48 Å². The lowest BCUT2D eigenvalue weighted by Gasteiger charge is -2.14. The molecule has 0 saturated carbocycles. The fraction of sp³-hybridized carbons (Fsp3) is 0.455. The highest BCUT2D eigenvalue weighted by Gasteiger charge is 2.18. The number of amides is 1. The number of halogens is 1. The molecule has 0 spiro atoms. The van der Waals surface area contributed by atoms with Crippen LogP contribution in [-0.4, -0.2) is 48.9 Å². The third-order valence-corrected chi connectivity index (χ3v) is 3.07. The summed E-state index contributed by atoms with van der Waals surface area (Å²) in [6, 6.07) is 0. The first kappa shape index (κ1) is 13.5. The number of likely N-dealkylation sites (N-methyl/N-ethyl adjacent to an activating group) is 1. The molecule has 2 rings (SSSR count). The summed E-state index contributed by atoms with van der Waals surface area (Å²) in [6.07, 6.45) is 4.44. The van der Waals surface area contributed by atoms with Crippen molar-refractivity contribution in [2.45, 2.75) is 6.42 Å². The molecule has 102 valence electrons. The molecular formula is C11H15ClN6O. The van der Waals surface area contributed by atoms with Crippen LogP contribution in [0.4, 0.5) is 0 Å². The standard InChI is InChI=1S/C11H15ClN6O/c1-16(5-4-8-6-13-17(2)7-8)10(19)9-14-11(12)18(3)15-9/h6-7H,4-5H2,1-3H3. The van der Waals surface area contributed by atoms with Gasteiger partial charge in [0.2, 0.25) is 11.1 Å². The summed E-state index contributed by atoms with van der Waals surface area (Å²) >= 11 is 5.76. The van der Waals surface area contributed by atoms with E-state index in [-0.39, 0.29) is 17.0 Å². The Labute approximate surface area is 115 Å². The van der Waals surface area contributed by atoms with Crippen LogP contribution in [0.2, 0.25) is 5.28 Å². The number of hydrogen-bond donors (Lipinski definition) is 0. The molecule has 2 aromatic heterocycles. The van der Waals surface area contributed by atoms with Gasteiger partial charge in [-0.25, -0.2) is 4.68 Å². The van der Waals surface area contributed by atoms with Crippen LogP contribution in [0.5, 0.6) is 0 Å². The molecule has 0 aliphatic carbocycles. The molecule has 0 unspecified atom stereocenters. The fourth-order valence-electron chi connectivity index (χ4n) is 1.63. The van der Waals surface area contributed by atoms with Crippen molar-refractivity contribution in [3.05, 3.63) is 29.1 Å². The minimum absolute atomic E-state index is 0.112. The maximum Gasteiger partial charge on any atom is 0.293 e. The van der Waals surface area contributed by atoms with E-state index in [1.54, 1.807) is 29.9 Å². The van der Waals surface area contributed by atoms with E-state index < -0.39 is 0 Å². The summed E-state index contributed by atoms with van der Waals surface area (Å²) in [5.41, 5.74) is 1.08. The van der Waals surface area contributed by atoms with E-state index in [0.717, 1.165) is 12.0 Å². The third kappa shape index (κ3) is 3.11. The van der Waals surface area contributed by atoms with E-state index in [4.69, 9.17) is 11.6 Å². The Bertz CT molecular complexity index is 570. The predicted molar refractivity (Wildman–Crippen MR) is 69.9 cm³/mol. The maximum atomic E-state index is 12.0. The van der Waals surface area contributed by atoms with Crippen LogP contribution in [0, 0.1) is 0 Å². The van der Waals surface area contributed by atoms with Gasteiger partial charge in [-0.2, -0.15) is 10.1 Å². The van der Waals surface area contributed by atoms with E-state index in [0.29, 0.717) is 6.54 Å². The summed E-state index contributed by atoms with van der Waals surface area (Å²) in [5.74, 6) is -0.132. The molecule has 0 bridgehead atoms. The molecule has 7 nitrogen and oxygen atoms in total. The zero-order valence-corrected chi connectivity index (χ0v) is 11.8. The number of nitrogens with zero attached hydrogens (tertiary/aromatic N) is 6. The first-order chi connectivity index (χ1) is 8.97. The highest BCUT2D eigenvalue weighted by atomic mass is 35.5. The van der Waals surface area contributed by atoms with Gasteiger partial charge in [0.25, 0.3) is 5.91 Å². The lowest BCUT2D eigenvalue weighted by Crippen LogP contribution is -2.29. The van der Waals surface area contributed by atoms with Gasteiger partial charge in [-0.05, 0) is 23.6 Å². The van der Waals surface area contributed by atoms with E-state index in [1.807, 2.05) is 13.2 Å². The van der Waals surface area contributed by atoms with Crippen LogP contribution in [-0.2, 0) is 20.5 Å². The van der Waals surface area contributed by atoms with Crippen molar-refractivity contribution in [1.29, 1.82) is 0 Å². The summed E-state index contributed by atoms with van der Waals surface area (Å²) in [7, 11) is 5.21. The van der Waals surface area contributed by atoms with Gasteiger partial charge in [0.1, 0.15) is 0 Å². The number of hydrogen-bond acceptors (Lipinski definition) is 4. The molecule has 0 aromatic carbocycles. The second-order valence-electron chi connectivity index (χ2n) is 4.33. The lowest BCUT2D eigenvalue weighted by atomic mass is 10.2. The van der Waals surface area contributed by atoms with E-state index in [9.17, 15) is 4.79 Å². The average Bonchev–Trinajstić information content (AvgIpc) is 2.93. The van der Waals surface area contributed by atoms with Crippen molar-refractivity contribution in [3.8, 4) is 0 Å². The number of carbonyl (C=O) groups excluding carboxylic acids is 1. The van der Waals surface area contributed by atoms with Crippen LogP contribution in [0.25, 0.3) is 0 Å². The minimum Gasteiger partial charge on any atom is -0.339 e. The predicted octanol–water partition coefficient (Wildman–Crippen LogP) is 0.517. The smallest absolute Gasteiger partial charge is 0.293 e. The fourth-order valence-corrected chi connectivity index (χ4v) is 1.74. The van der Waals surface area contributed by atoms with Crippen molar-refractivity contribution >= 4 is 17.5 Å². The summed E-state index contributed by atoms with van der Waals surface area (Å²) in [6.45, 7) is 0.570. The molecule has 0 aliphatic rings. The molecule has 0 saturated heterocycles. The topological polar surface area (TPSA) is 68.8 Å². The summed E-state index contributed by atoms with van der Waals surface area (Å²) in [4.78, 5) is 17.5. The van der Waals surface area contributed by atoms with Crippen LogP contribution in [0.1, 0.15) is 16.2 Å². The van der Waals surface area contributed by atoms with Gasteiger partial charge >= 0.3 is 0 Å². The Balaban J connectivity index is 1.96. The maximum absolute atomic E-state index is 12.0. The van der Waals surface area contributed by atoms with E-state index in [2.05, 4.69) is 15.2 Å². The molecule has 8 heteroatoms. The zero-order valence-electron chi connectivity index (χ0n) is 11.0. The number of aromatic nitrogens is 5. The molecule has 0 fully saturated rings. The monoisotopic (exact) mass is 282 g/mol. The largest absolute Gasteiger partial charge is 0.339 e. The average molecular weight is 283 g/mol. The van der Waals surface area contributed by atoms with Gasteiger partial charge in [0.05, 0.1) is 6.20 Å². The minimum atomic E-state index is -0.244. The van der Waals surface area contributed by atoms with Crippen molar-refractivity contribution in [2.75, 3.05) is 13.6 Å². The van der Waals surface area contributed by atoms with Crippen LogP contribution < -0.4 is 0 Å². The Kier molecular flexibility index (Phi) is 3.84. The van der Waals surface area contributed by atoms with Crippen molar-refractivity contribution in [2.24, 2.45) is 14.1 Å². The summed E-state index contributed by atoms with van der Waals surface area (Å²) in [5, 5.41) is 8.23. The van der Waals surface area contributed by atoms with E-state index in [1.165, 1.54) is 4.68 Å². The molecule has 0 radical (unpaired) electrons. The Morgan fingerprint density at radius 1 is 1.47 bits per heavy atom. The van der Waals surface area contributed by atoms with Gasteiger partial charge in [0.15, 0.2) is 0 Å². The first-order valence-electron chi connectivity index (χ1n) is 5.77. The van der Waals surface area contributed by atoms with Crippen molar-refractivity contribution in [1.82, 2.24) is 29.4 Å². The van der Waals surface area contributed by atoms with Gasteiger partial charge in [0, 0.05) is 33.9 Å². The van der Waals surface area contributed by atoms with Crippen molar-refractivity contribution in [3.63, 3.8) is 0 Å². The van der Waals surface area contributed by atoms with Crippen LogP contribution in [0.3, 0.4) is 0 Å².